The second kappa shape index (κ2) is 6.77. The van der Waals surface area contributed by atoms with Gasteiger partial charge >= 0.3 is 0 Å². The van der Waals surface area contributed by atoms with Crippen molar-refractivity contribution in [3.63, 3.8) is 0 Å². The molecule has 0 aliphatic rings. The first kappa shape index (κ1) is 14.9. The van der Waals surface area contributed by atoms with Crippen LogP contribution in [0.5, 0.6) is 0 Å². The van der Waals surface area contributed by atoms with Crippen molar-refractivity contribution >= 4 is 39.1 Å². The molecule has 2 aromatic carbocycles. The van der Waals surface area contributed by atoms with Crippen LogP contribution in [-0.4, -0.2) is 19.6 Å². The van der Waals surface area contributed by atoms with Crippen molar-refractivity contribution in [1.29, 1.82) is 0 Å². The molecule has 0 aliphatic carbocycles. The van der Waals surface area contributed by atoms with Crippen LogP contribution in [0.4, 0.5) is 5.69 Å². The van der Waals surface area contributed by atoms with Gasteiger partial charge in [-0.2, -0.15) is 0 Å². The third-order valence-electron chi connectivity index (χ3n) is 2.85. The lowest BCUT2D eigenvalue weighted by atomic mass is 10.2. The molecule has 0 heterocycles. The molecule has 0 unspecified atom stereocenters. The number of benzene rings is 2. The number of rotatable bonds is 4. The van der Waals surface area contributed by atoms with E-state index in [2.05, 4.69) is 21.2 Å². The van der Waals surface area contributed by atoms with E-state index < -0.39 is 0 Å². The minimum Gasteiger partial charge on any atom is -0.357 e. The molecule has 20 heavy (non-hydrogen) atoms. The fourth-order valence-corrected chi connectivity index (χ4v) is 2.07. The molecule has 2 rings (SSSR count). The maximum Gasteiger partial charge on any atom is 0.252 e. The number of hydrogen-bond acceptors (Lipinski definition) is 2. The summed E-state index contributed by atoms with van der Waals surface area (Å²) in [6, 6.07) is 14.7. The topological polar surface area (TPSA) is 32.3 Å². The van der Waals surface area contributed by atoms with Crippen LogP contribution in [0.1, 0.15) is 10.4 Å². The number of hydrogen-bond donors (Lipinski definition) is 1. The van der Waals surface area contributed by atoms with Crippen LogP contribution in [0.3, 0.4) is 0 Å². The summed E-state index contributed by atoms with van der Waals surface area (Å²) in [5.74, 6) is -0.120. The van der Waals surface area contributed by atoms with Gasteiger partial charge in [0.2, 0.25) is 0 Å². The van der Waals surface area contributed by atoms with E-state index in [9.17, 15) is 4.79 Å². The van der Waals surface area contributed by atoms with E-state index in [0.717, 1.165) is 10.2 Å². The van der Waals surface area contributed by atoms with Crippen LogP contribution < -0.4 is 10.2 Å². The summed E-state index contributed by atoms with van der Waals surface area (Å²) in [4.78, 5) is 13.9. The van der Waals surface area contributed by atoms with Crippen molar-refractivity contribution in [2.24, 2.45) is 0 Å². The molecule has 2 aromatic rings. The molecule has 104 valence electrons. The molecule has 0 bridgehead atoms. The van der Waals surface area contributed by atoms with Gasteiger partial charge in [-0.15, -0.1) is 0 Å². The van der Waals surface area contributed by atoms with Crippen molar-refractivity contribution in [1.82, 2.24) is 5.32 Å². The van der Waals surface area contributed by atoms with Crippen molar-refractivity contribution in [3.05, 3.63) is 63.6 Å². The average molecular weight is 354 g/mol. The molecule has 5 heteroatoms. The summed E-state index contributed by atoms with van der Waals surface area (Å²) in [5.41, 5.74) is 1.63. The first-order chi connectivity index (χ1) is 9.56. The SMILES string of the molecule is CN(CNC(=O)c1ccc(Cl)cc1)c1ccc(Br)cc1. The highest BCUT2D eigenvalue weighted by Crippen LogP contribution is 2.16. The van der Waals surface area contributed by atoms with Gasteiger partial charge in [0.05, 0.1) is 6.67 Å². The molecule has 0 atom stereocenters. The highest BCUT2D eigenvalue weighted by atomic mass is 79.9. The molecule has 0 aromatic heterocycles. The first-order valence-corrected chi connectivity index (χ1v) is 7.24. The Morgan fingerprint density at radius 2 is 1.75 bits per heavy atom. The number of carbonyl (C=O) groups is 1. The average Bonchev–Trinajstić information content (AvgIpc) is 2.46. The second-order valence-electron chi connectivity index (χ2n) is 4.35. The second-order valence-corrected chi connectivity index (χ2v) is 5.70. The van der Waals surface area contributed by atoms with Crippen LogP contribution in [0.25, 0.3) is 0 Å². The molecule has 0 radical (unpaired) electrons. The van der Waals surface area contributed by atoms with Crippen LogP contribution in [-0.2, 0) is 0 Å². The van der Waals surface area contributed by atoms with Crippen molar-refractivity contribution < 1.29 is 4.79 Å². The van der Waals surface area contributed by atoms with E-state index in [0.29, 0.717) is 17.3 Å². The Bertz CT molecular complexity index is 584. The molecule has 0 fully saturated rings. The maximum absolute atomic E-state index is 12.0. The molecular formula is C15H14BrClN2O. The Hall–Kier alpha value is -1.52. The van der Waals surface area contributed by atoms with E-state index in [4.69, 9.17) is 11.6 Å². The third-order valence-corrected chi connectivity index (χ3v) is 3.63. The van der Waals surface area contributed by atoms with Gasteiger partial charge in [-0.1, -0.05) is 27.5 Å². The van der Waals surface area contributed by atoms with Crippen LogP contribution in [0.2, 0.25) is 5.02 Å². The molecule has 1 amide bonds. The Morgan fingerprint density at radius 1 is 1.15 bits per heavy atom. The third kappa shape index (κ3) is 3.99. The van der Waals surface area contributed by atoms with Gasteiger partial charge in [0.25, 0.3) is 5.91 Å². The minimum absolute atomic E-state index is 0.120. The van der Waals surface area contributed by atoms with Gasteiger partial charge in [-0.3, -0.25) is 4.79 Å². The van der Waals surface area contributed by atoms with Gasteiger partial charge in [0.15, 0.2) is 0 Å². The van der Waals surface area contributed by atoms with Gasteiger partial charge < -0.3 is 10.2 Å². The molecule has 1 N–H and O–H groups in total. The number of anilines is 1. The summed E-state index contributed by atoms with van der Waals surface area (Å²) >= 11 is 9.19. The van der Waals surface area contributed by atoms with Crippen molar-refractivity contribution in [2.45, 2.75) is 0 Å². The number of amides is 1. The molecule has 0 spiro atoms. The zero-order valence-corrected chi connectivity index (χ0v) is 13.3. The van der Waals surface area contributed by atoms with E-state index in [1.807, 2.05) is 36.2 Å². The molecule has 3 nitrogen and oxygen atoms in total. The molecule has 0 aliphatic heterocycles. The van der Waals surface area contributed by atoms with Crippen molar-refractivity contribution in [2.75, 3.05) is 18.6 Å². The predicted octanol–water partition coefficient (Wildman–Crippen LogP) is 3.93. The first-order valence-electron chi connectivity index (χ1n) is 6.07. The smallest absolute Gasteiger partial charge is 0.252 e. The highest BCUT2D eigenvalue weighted by Gasteiger charge is 2.06. The Labute approximate surface area is 131 Å². The Balaban J connectivity index is 1.92. The predicted molar refractivity (Wildman–Crippen MR) is 86.3 cm³/mol. The summed E-state index contributed by atoms with van der Waals surface area (Å²) in [5, 5.41) is 3.48. The maximum atomic E-state index is 12.0. The molecule has 0 saturated heterocycles. The summed E-state index contributed by atoms with van der Waals surface area (Å²) < 4.78 is 1.03. The van der Waals surface area contributed by atoms with Gasteiger partial charge in [-0.05, 0) is 48.5 Å². The fourth-order valence-electron chi connectivity index (χ4n) is 1.68. The van der Waals surface area contributed by atoms with Gasteiger partial charge in [0.1, 0.15) is 0 Å². The standard InChI is InChI=1S/C15H14BrClN2O/c1-19(14-8-4-12(16)5-9-14)10-18-15(20)11-2-6-13(17)7-3-11/h2-9H,10H2,1H3,(H,18,20). The fraction of sp³-hybridized carbons (Fsp3) is 0.133. The van der Waals surface area contributed by atoms with Gasteiger partial charge in [-0.25, -0.2) is 0 Å². The lowest BCUT2D eigenvalue weighted by molar-refractivity contribution is 0.0954. The van der Waals surface area contributed by atoms with E-state index >= 15 is 0 Å². The number of halogens is 2. The quantitative estimate of drug-likeness (QED) is 0.845. The normalized spacial score (nSPS) is 10.2. The van der Waals surface area contributed by atoms with Crippen LogP contribution in [0.15, 0.2) is 53.0 Å². The minimum atomic E-state index is -0.120. The molecule has 0 saturated carbocycles. The highest BCUT2D eigenvalue weighted by molar-refractivity contribution is 9.10. The number of nitrogens with one attached hydrogen (secondary N) is 1. The zero-order chi connectivity index (χ0) is 14.5. The molecular weight excluding hydrogens is 340 g/mol. The van der Waals surface area contributed by atoms with Crippen molar-refractivity contribution in [3.8, 4) is 0 Å². The Kier molecular flexibility index (Phi) is 5.04. The number of carbonyl (C=O) groups excluding carboxylic acids is 1. The lowest BCUT2D eigenvalue weighted by Crippen LogP contribution is -2.35. The number of nitrogens with zero attached hydrogens (tertiary/aromatic N) is 1. The van der Waals surface area contributed by atoms with E-state index in [1.165, 1.54) is 0 Å². The summed E-state index contributed by atoms with van der Waals surface area (Å²) in [7, 11) is 1.92. The lowest BCUT2D eigenvalue weighted by Gasteiger charge is -2.20. The zero-order valence-electron chi connectivity index (χ0n) is 10.9. The van der Waals surface area contributed by atoms with Gasteiger partial charge in [0, 0.05) is 27.8 Å². The largest absolute Gasteiger partial charge is 0.357 e. The van der Waals surface area contributed by atoms with E-state index in [-0.39, 0.29) is 5.91 Å². The summed E-state index contributed by atoms with van der Waals surface area (Å²) in [6.07, 6.45) is 0. The Morgan fingerprint density at radius 3 is 2.35 bits per heavy atom. The van der Waals surface area contributed by atoms with E-state index in [1.54, 1.807) is 24.3 Å². The van der Waals surface area contributed by atoms with Crippen LogP contribution >= 0.6 is 27.5 Å². The van der Waals surface area contributed by atoms with Crippen LogP contribution in [0, 0.1) is 0 Å². The summed E-state index contributed by atoms with van der Waals surface area (Å²) in [6.45, 7) is 0.434. The monoisotopic (exact) mass is 352 g/mol.